The lowest BCUT2D eigenvalue weighted by atomic mass is 9.90. The van der Waals surface area contributed by atoms with Gasteiger partial charge in [0, 0.05) is 30.8 Å². The van der Waals surface area contributed by atoms with Gasteiger partial charge in [-0.1, -0.05) is 6.92 Å². The number of nitrogens with zero attached hydrogens (tertiary/aromatic N) is 1. The van der Waals surface area contributed by atoms with Crippen LogP contribution >= 0.6 is 11.3 Å². The fourth-order valence-electron chi connectivity index (χ4n) is 3.98. The summed E-state index contributed by atoms with van der Waals surface area (Å²) >= 11 is 1.71. The van der Waals surface area contributed by atoms with Crippen LogP contribution in [0.5, 0.6) is 0 Å². The van der Waals surface area contributed by atoms with Gasteiger partial charge in [0.25, 0.3) is 5.91 Å². The van der Waals surface area contributed by atoms with Gasteiger partial charge in [-0.05, 0) is 43.7 Å². The van der Waals surface area contributed by atoms with Gasteiger partial charge in [0.05, 0.1) is 17.6 Å². The van der Waals surface area contributed by atoms with Gasteiger partial charge in [-0.15, -0.1) is 11.3 Å². The molecule has 0 unspecified atom stereocenters. The molecule has 0 saturated carbocycles. The Morgan fingerprint density at radius 1 is 1.35 bits per heavy atom. The molecule has 23 heavy (non-hydrogen) atoms. The Labute approximate surface area is 141 Å². The largest absolute Gasteiger partial charge is 0.347 e. The standard InChI is InChI=1S/C18H25NO3S/c1-12-3-4-15-14(9-12)10-16(23-15)17(20)19-7-5-18(6-8-19)21-11-13(2)22-18/h10,12-13H,3-9,11H2,1-2H3/t12-,13+/m1/s1. The summed E-state index contributed by atoms with van der Waals surface area (Å²) in [7, 11) is 0. The lowest BCUT2D eigenvalue weighted by molar-refractivity contribution is -0.189. The summed E-state index contributed by atoms with van der Waals surface area (Å²) in [6, 6.07) is 2.15. The first-order chi connectivity index (χ1) is 11.0. The number of thiophene rings is 1. The van der Waals surface area contributed by atoms with Crippen molar-refractivity contribution >= 4 is 17.2 Å². The fourth-order valence-corrected chi connectivity index (χ4v) is 5.16. The number of ether oxygens (including phenoxy) is 2. The number of hydrogen-bond acceptors (Lipinski definition) is 4. The zero-order chi connectivity index (χ0) is 16.0. The highest BCUT2D eigenvalue weighted by Crippen LogP contribution is 2.36. The molecule has 1 aromatic rings. The predicted octanol–water partition coefficient (Wildman–Crippen LogP) is 3.24. The summed E-state index contributed by atoms with van der Waals surface area (Å²) in [5, 5.41) is 0. The van der Waals surface area contributed by atoms with E-state index in [9.17, 15) is 4.79 Å². The molecule has 1 aromatic heterocycles. The predicted molar refractivity (Wildman–Crippen MR) is 89.9 cm³/mol. The van der Waals surface area contributed by atoms with Gasteiger partial charge >= 0.3 is 0 Å². The SMILES string of the molecule is C[C@@H]1CCc2sc(C(=O)N3CCC4(CC3)OC[C@H](C)O4)cc2C1. The number of hydrogen-bond donors (Lipinski definition) is 0. The molecule has 1 aliphatic carbocycles. The smallest absolute Gasteiger partial charge is 0.263 e. The van der Waals surface area contributed by atoms with Gasteiger partial charge in [-0.25, -0.2) is 0 Å². The van der Waals surface area contributed by atoms with E-state index in [1.165, 1.54) is 16.9 Å². The van der Waals surface area contributed by atoms with E-state index in [4.69, 9.17) is 9.47 Å². The Morgan fingerprint density at radius 3 is 2.83 bits per heavy atom. The highest BCUT2D eigenvalue weighted by Gasteiger charge is 2.43. The van der Waals surface area contributed by atoms with Crippen LogP contribution in [0.2, 0.25) is 0 Å². The summed E-state index contributed by atoms with van der Waals surface area (Å²) < 4.78 is 11.8. The van der Waals surface area contributed by atoms with Gasteiger partial charge in [-0.3, -0.25) is 4.79 Å². The Kier molecular flexibility index (Phi) is 3.98. The van der Waals surface area contributed by atoms with Crippen LogP contribution in [0.3, 0.4) is 0 Å². The quantitative estimate of drug-likeness (QED) is 0.791. The molecule has 1 amide bonds. The molecular formula is C18H25NO3S. The summed E-state index contributed by atoms with van der Waals surface area (Å²) in [6.07, 6.45) is 5.25. The molecule has 1 spiro atoms. The van der Waals surface area contributed by atoms with Crippen LogP contribution in [0.4, 0.5) is 0 Å². The number of aryl methyl sites for hydroxylation is 1. The molecule has 3 heterocycles. The minimum Gasteiger partial charge on any atom is -0.347 e. The number of amides is 1. The summed E-state index contributed by atoms with van der Waals surface area (Å²) in [4.78, 5) is 17.1. The fraction of sp³-hybridized carbons (Fsp3) is 0.722. The summed E-state index contributed by atoms with van der Waals surface area (Å²) in [6.45, 7) is 6.47. The monoisotopic (exact) mass is 335 g/mol. The third kappa shape index (κ3) is 2.94. The zero-order valence-corrected chi connectivity index (χ0v) is 14.8. The molecule has 2 saturated heterocycles. The number of likely N-dealkylation sites (tertiary alicyclic amines) is 1. The van der Waals surface area contributed by atoms with Crippen LogP contribution < -0.4 is 0 Å². The van der Waals surface area contributed by atoms with E-state index in [-0.39, 0.29) is 12.0 Å². The Balaban J connectivity index is 1.42. The van der Waals surface area contributed by atoms with Crippen LogP contribution in [0.1, 0.15) is 53.2 Å². The van der Waals surface area contributed by atoms with Gasteiger partial charge in [0.1, 0.15) is 0 Å². The van der Waals surface area contributed by atoms with E-state index in [0.29, 0.717) is 6.61 Å². The normalized spacial score (nSPS) is 29.7. The number of fused-ring (bicyclic) bond motifs is 1. The van der Waals surface area contributed by atoms with Gasteiger partial charge < -0.3 is 14.4 Å². The number of rotatable bonds is 1. The van der Waals surface area contributed by atoms with Crippen molar-refractivity contribution in [1.82, 2.24) is 4.90 Å². The second kappa shape index (κ2) is 5.87. The van der Waals surface area contributed by atoms with Gasteiger partial charge in [0.15, 0.2) is 5.79 Å². The molecule has 4 rings (SSSR count). The Hall–Kier alpha value is -0.910. The molecule has 3 aliphatic rings. The first-order valence-corrected chi connectivity index (χ1v) is 9.59. The molecule has 0 bridgehead atoms. The molecule has 0 aromatic carbocycles. The number of carbonyl (C=O) groups is 1. The van der Waals surface area contributed by atoms with E-state index >= 15 is 0 Å². The summed E-state index contributed by atoms with van der Waals surface area (Å²) in [5.41, 5.74) is 1.40. The topological polar surface area (TPSA) is 38.8 Å². The molecule has 5 heteroatoms. The van der Waals surface area contributed by atoms with Crippen LogP contribution in [0.15, 0.2) is 6.07 Å². The van der Waals surface area contributed by atoms with Crippen molar-refractivity contribution in [3.05, 3.63) is 21.4 Å². The third-order valence-electron chi connectivity index (χ3n) is 5.35. The zero-order valence-electron chi connectivity index (χ0n) is 14.0. The van der Waals surface area contributed by atoms with Crippen LogP contribution in [0, 0.1) is 5.92 Å². The van der Waals surface area contributed by atoms with Crippen molar-refractivity contribution in [3.8, 4) is 0 Å². The number of carbonyl (C=O) groups excluding carboxylic acids is 1. The second-order valence-corrected chi connectivity index (χ2v) is 8.49. The van der Waals surface area contributed by atoms with Crippen molar-refractivity contribution in [2.24, 2.45) is 5.92 Å². The second-order valence-electron chi connectivity index (χ2n) is 7.35. The molecular weight excluding hydrogens is 310 g/mol. The molecule has 2 atom stereocenters. The minimum atomic E-state index is -0.430. The lowest BCUT2D eigenvalue weighted by Gasteiger charge is -2.37. The van der Waals surface area contributed by atoms with Crippen LogP contribution in [-0.4, -0.2) is 42.4 Å². The Bertz CT molecular complexity index is 603. The van der Waals surface area contributed by atoms with Crippen molar-refractivity contribution in [1.29, 1.82) is 0 Å². The highest BCUT2D eigenvalue weighted by molar-refractivity contribution is 7.14. The maximum atomic E-state index is 12.8. The minimum absolute atomic E-state index is 0.170. The summed E-state index contributed by atoms with van der Waals surface area (Å²) in [5.74, 6) is 0.506. The Morgan fingerprint density at radius 2 is 2.13 bits per heavy atom. The lowest BCUT2D eigenvalue weighted by Crippen LogP contribution is -2.47. The van der Waals surface area contributed by atoms with Crippen molar-refractivity contribution in [3.63, 3.8) is 0 Å². The van der Waals surface area contributed by atoms with Crippen molar-refractivity contribution < 1.29 is 14.3 Å². The number of piperidine rings is 1. The maximum absolute atomic E-state index is 12.8. The third-order valence-corrected chi connectivity index (χ3v) is 6.57. The van der Waals surface area contributed by atoms with Crippen molar-refractivity contribution in [2.75, 3.05) is 19.7 Å². The first-order valence-electron chi connectivity index (χ1n) is 8.77. The molecule has 2 fully saturated rings. The van der Waals surface area contributed by atoms with E-state index < -0.39 is 5.79 Å². The molecule has 0 N–H and O–H groups in total. The van der Waals surface area contributed by atoms with E-state index in [0.717, 1.165) is 49.6 Å². The highest BCUT2D eigenvalue weighted by atomic mass is 32.1. The maximum Gasteiger partial charge on any atom is 0.263 e. The van der Waals surface area contributed by atoms with Crippen LogP contribution in [-0.2, 0) is 22.3 Å². The van der Waals surface area contributed by atoms with Gasteiger partial charge in [-0.2, -0.15) is 0 Å². The average molecular weight is 335 g/mol. The van der Waals surface area contributed by atoms with E-state index in [1.54, 1.807) is 11.3 Å². The average Bonchev–Trinajstić information content (AvgIpc) is 3.11. The first kappa shape index (κ1) is 15.6. The van der Waals surface area contributed by atoms with Gasteiger partial charge in [0.2, 0.25) is 0 Å². The van der Waals surface area contributed by atoms with E-state index in [2.05, 4.69) is 13.0 Å². The van der Waals surface area contributed by atoms with E-state index in [1.807, 2.05) is 11.8 Å². The molecule has 0 radical (unpaired) electrons. The molecule has 4 nitrogen and oxygen atoms in total. The van der Waals surface area contributed by atoms with Crippen LogP contribution in [0.25, 0.3) is 0 Å². The van der Waals surface area contributed by atoms with Crippen molar-refractivity contribution in [2.45, 2.75) is 57.8 Å². The molecule has 126 valence electrons. The molecule has 2 aliphatic heterocycles.